The number of nitrogens with one attached hydrogen (secondary N) is 6. The van der Waals surface area contributed by atoms with Crippen LogP contribution in [0.4, 0.5) is 0 Å². The smallest absolute Gasteiger partial charge is 0.326 e. The number of carboxylic acid groups (broad SMARTS) is 4. The Morgan fingerprint density at radius 2 is 1.11 bits per heavy atom. The molecule has 3 aromatic rings. The van der Waals surface area contributed by atoms with E-state index in [0.717, 1.165) is 0 Å². The Hall–Kier alpha value is -7.56. The second-order valence-electron chi connectivity index (χ2n) is 14.1. The lowest BCUT2D eigenvalue weighted by molar-refractivity contribution is -0.147. The Balaban J connectivity index is 1.96. The molecule has 6 atom stereocenters. The minimum atomic E-state index is -1.88. The predicted octanol–water partition coefficient (Wildman–Crippen LogP) is -2.34. The van der Waals surface area contributed by atoms with Gasteiger partial charge in [0.15, 0.2) is 5.96 Å². The maximum Gasteiger partial charge on any atom is 0.326 e. The van der Waals surface area contributed by atoms with Crippen LogP contribution in [-0.4, -0.2) is 128 Å². The Bertz CT molecular complexity index is 2120. The van der Waals surface area contributed by atoms with Crippen LogP contribution >= 0.6 is 0 Å². The summed E-state index contributed by atoms with van der Waals surface area (Å²) in [5.41, 5.74) is 18.3. The first kappa shape index (κ1) is 48.8. The molecule has 0 saturated heterocycles. The largest absolute Gasteiger partial charge is 0.481 e. The molecule has 1 aromatic heterocycles. The summed E-state index contributed by atoms with van der Waals surface area (Å²) < 4.78 is 0. The summed E-state index contributed by atoms with van der Waals surface area (Å²) in [7, 11) is 0. The molecule has 3 rings (SSSR count). The fourth-order valence-corrected chi connectivity index (χ4v) is 6.12. The van der Waals surface area contributed by atoms with Crippen LogP contribution in [0.25, 0.3) is 10.9 Å². The summed E-state index contributed by atoms with van der Waals surface area (Å²) >= 11 is 0. The molecule has 1 heterocycles. The van der Waals surface area contributed by atoms with E-state index in [0.29, 0.717) is 22.0 Å². The maximum atomic E-state index is 14.1. The molecule has 5 amide bonds. The van der Waals surface area contributed by atoms with Crippen LogP contribution in [0, 0.1) is 0 Å². The molecule has 0 aliphatic heterocycles. The number of carboxylic acids is 4. The van der Waals surface area contributed by atoms with Crippen LogP contribution in [0.1, 0.15) is 49.7 Å². The van der Waals surface area contributed by atoms with Gasteiger partial charge in [-0.3, -0.25) is 43.3 Å². The first-order valence-electron chi connectivity index (χ1n) is 19.1. The Morgan fingerprint density at radius 1 is 0.597 bits per heavy atom. The lowest BCUT2D eigenvalue weighted by atomic mass is 10.0. The average molecular weight is 867 g/mol. The number of H-pyrrole nitrogens is 1. The Labute approximate surface area is 353 Å². The maximum absolute atomic E-state index is 14.1. The van der Waals surface area contributed by atoms with Crippen molar-refractivity contribution < 1.29 is 63.6 Å². The van der Waals surface area contributed by atoms with Crippen LogP contribution in [0.15, 0.2) is 65.8 Å². The van der Waals surface area contributed by atoms with Gasteiger partial charge in [-0.05, 0) is 36.5 Å². The summed E-state index contributed by atoms with van der Waals surface area (Å²) in [6.07, 6.45) is -1.92. The monoisotopic (exact) mass is 866 g/mol. The summed E-state index contributed by atoms with van der Waals surface area (Å²) in [5, 5.41) is 50.0. The molecule has 2 aromatic carbocycles. The number of benzene rings is 2. The summed E-state index contributed by atoms with van der Waals surface area (Å²) in [5.74, 6) is -11.3. The van der Waals surface area contributed by atoms with Crippen LogP contribution in [0.3, 0.4) is 0 Å². The summed E-state index contributed by atoms with van der Waals surface area (Å²) in [6.45, 7) is -0.0259. The molecule has 0 aliphatic rings. The lowest BCUT2D eigenvalue weighted by Crippen LogP contribution is -2.60. The molecule has 23 heteroatoms. The number of carbonyl (C=O) groups excluding carboxylic acids is 5. The minimum Gasteiger partial charge on any atom is -0.481 e. The van der Waals surface area contributed by atoms with E-state index in [1.165, 1.54) is 0 Å². The number of carbonyl (C=O) groups is 9. The van der Waals surface area contributed by atoms with Crippen molar-refractivity contribution in [2.75, 3.05) is 6.54 Å². The van der Waals surface area contributed by atoms with Gasteiger partial charge in [-0.2, -0.15) is 0 Å². The molecule has 0 bridgehead atoms. The van der Waals surface area contributed by atoms with Crippen LogP contribution < -0.4 is 43.8 Å². The fourth-order valence-electron chi connectivity index (χ4n) is 6.12. The number of aliphatic imine (C=N–C) groups is 1. The highest BCUT2D eigenvalue weighted by molar-refractivity contribution is 5.97. The van der Waals surface area contributed by atoms with E-state index in [-0.39, 0.29) is 38.2 Å². The van der Waals surface area contributed by atoms with Gasteiger partial charge in [-0.1, -0.05) is 48.5 Å². The number of rotatable bonds is 26. The zero-order valence-electron chi connectivity index (χ0n) is 33.2. The molecular formula is C39H50N10O13. The van der Waals surface area contributed by atoms with Gasteiger partial charge in [-0.15, -0.1) is 0 Å². The van der Waals surface area contributed by atoms with E-state index < -0.39 is 115 Å². The van der Waals surface area contributed by atoms with Crippen LogP contribution in [-0.2, 0) is 56.0 Å². The van der Waals surface area contributed by atoms with Gasteiger partial charge in [0, 0.05) is 42.9 Å². The van der Waals surface area contributed by atoms with Gasteiger partial charge < -0.3 is 69.2 Å². The number of aliphatic carboxylic acids is 4. The van der Waals surface area contributed by atoms with E-state index in [1.807, 2.05) is 0 Å². The van der Waals surface area contributed by atoms with Gasteiger partial charge >= 0.3 is 23.9 Å². The number of hydrogen-bond acceptors (Lipinski definition) is 11. The van der Waals surface area contributed by atoms with Gasteiger partial charge in [0.05, 0.1) is 18.9 Å². The van der Waals surface area contributed by atoms with Gasteiger partial charge in [0.1, 0.15) is 30.2 Å². The fraction of sp³-hybridized carbons (Fsp3) is 0.385. The van der Waals surface area contributed by atoms with Crippen molar-refractivity contribution in [3.8, 4) is 0 Å². The lowest BCUT2D eigenvalue weighted by Gasteiger charge is -2.27. The number of fused-ring (bicyclic) bond motifs is 1. The van der Waals surface area contributed by atoms with Gasteiger partial charge in [0.2, 0.25) is 29.5 Å². The number of hydrogen-bond donors (Lipinski definition) is 13. The number of nitrogens with zero attached hydrogens (tertiary/aromatic N) is 1. The van der Waals surface area contributed by atoms with Crippen molar-refractivity contribution in [1.29, 1.82) is 0 Å². The highest BCUT2D eigenvalue weighted by atomic mass is 16.4. The van der Waals surface area contributed by atoms with E-state index in [4.69, 9.17) is 22.3 Å². The van der Waals surface area contributed by atoms with Crippen LogP contribution in [0.5, 0.6) is 0 Å². The molecule has 16 N–H and O–H groups in total. The number of para-hydroxylation sites is 1. The molecule has 0 unspecified atom stereocenters. The molecule has 0 fully saturated rings. The number of aromatic amines is 1. The van der Waals surface area contributed by atoms with Crippen molar-refractivity contribution in [1.82, 2.24) is 31.6 Å². The quantitative estimate of drug-likeness (QED) is 0.0228. The molecule has 334 valence electrons. The SMILES string of the molecule is NC(N)=NCCC[C@H](NC(=O)[C@H](Cc1ccccc1)NC(=O)[C@H](CCC(=O)O)NC(=O)[C@H](Cc1c[nH]c2ccccc12)NC(=O)[C@@H](N)CC(=O)O)C(=O)N[C@@H](CC(=O)O)C(=O)O. The molecule has 0 aliphatic carbocycles. The molecule has 23 nitrogen and oxygen atoms in total. The zero-order valence-corrected chi connectivity index (χ0v) is 33.2. The van der Waals surface area contributed by atoms with Crippen molar-refractivity contribution in [3.63, 3.8) is 0 Å². The van der Waals surface area contributed by atoms with E-state index in [9.17, 15) is 58.5 Å². The number of aromatic nitrogens is 1. The summed E-state index contributed by atoms with van der Waals surface area (Å²) in [6, 6.07) is 5.54. The van der Waals surface area contributed by atoms with Crippen molar-refractivity contribution >= 4 is 70.3 Å². The van der Waals surface area contributed by atoms with Crippen molar-refractivity contribution in [2.45, 2.75) is 87.6 Å². The highest BCUT2D eigenvalue weighted by Crippen LogP contribution is 2.20. The van der Waals surface area contributed by atoms with E-state index in [2.05, 4.69) is 36.6 Å². The summed E-state index contributed by atoms with van der Waals surface area (Å²) in [4.78, 5) is 121. The first-order valence-corrected chi connectivity index (χ1v) is 19.1. The third-order valence-electron chi connectivity index (χ3n) is 9.23. The third-order valence-corrected chi connectivity index (χ3v) is 9.23. The normalized spacial score (nSPS) is 13.8. The molecule has 0 spiro atoms. The minimum absolute atomic E-state index is 0.0259. The van der Waals surface area contributed by atoms with E-state index >= 15 is 0 Å². The first-order chi connectivity index (χ1) is 29.3. The number of guanidine groups is 1. The standard InChI is InChI=1S/C39H50N10O13/c40-23(17-31(52)53)33(56)47-28(16-21-19-44-24-10-5-4-9-22(21)24)37(60)46-26(12-13-30(50)51)35(58)48-27(15-20-7-2-1-3-8-20)36(59)45-25(11-6-14-43-39(41)42)34(57)49-29(38(61)62)18-32(54)55/h1-5,7-10,19,23,25-29,44H,6,11-18,40H2,(H,45,59)(H,46,60)(H,47,56)(H,48,58)(H,49,57)(H,50,51)(H,52,53)(H,54,55)(H,61,62)(H4,41,42,43)/t23-,25-,26-,27-,28-,29-/m0/s1. The number of amides is 5. The molecular weight excluding hydrogens is 816 g/mol. The van der Waals surface area contributed by atoms with Crippen LogP contribution in [0.2, 0.25) is 0 Å². The third kappa shape index (κ3) is 16.2. The topological polar surface area (TPSA) is 401 Å². The Morgan fingerprint density at radius 3 is 1.69 bits per heavy atom. The Kier molecular flexibility index (Phi) is 18.8. The van der Waals surface area contributed by atoms with Gasteiger partial charge in [0.25, 0.3) is 0 Å². The van der Waals surface area contributed by atoms with E-state index in [1.54, 1.807) is 60.8 Å². The van der Waals surface area contributed by atoms with Gasteiger partial charge in [-0.25, -0.2) is 4.79 Å². The highest BCUT2D eigenvalue weighted by Gasteiger charge is 2.34. The van der Waals surface area contributed by atoms with Crippen molar-refractivity contribution in [2.24, 2.45) is 22.2 Å². The molecule has 62 heavy (non-hydrogen) atoms. The van der Waals surface area contributed by atoms with Crippen molar-refractivity contribution in [3.05, 3.63) is 71.9 Å². The average Bonchev–Trinajstić information content (AvgIpc) is 3.61. The second-order valence-corrected chi connectivity index (χ2v) is 14.1. The predicted molar refractivity (Wildman–Crippen MR) is 219 cm³/mol. The molecule has 0 saturated carbocycles. The second kappa shape index (κ2) is 23.9. The number of nitrogens with two attached hydrogens (primary N) is 3. The zero-order chi connectivity index (χ0) is 45.9. The molecule has 0 radical (unpaired) electrons.